The van der Waals surface area contributed by atoms with Gasteiger partial charge in [-0.05, 0) is 97.8 Å². The molecule has 0 N–H and O–H groups in total. The van der Waals surface area contributed by atoms with Crippen LogP contribution in [0.4, 0.5) is 22.7 Å². The number of non-ortho nitro benzene ring substituents is 2. The van der Waals surface area contributed by atoms with Gasteiger partial charge >= 0.3 is 0 Å². The highest BCUT2D eigenvalue weighted by atomic mass is 35.5. The summed E-state index contributed by atoms with van der Waals surface area (Å²) in [5.74, 6) is -0.0200. The van der Waals surface area contributed by atoms with Gasteiger partial charge in [0.2, 0.25) is 0 Å². The van der Waals surface area contributed by atoms with Crippen molar-refractivity contribution in [3.63, 3.8) is 0 Å². The summed E-state index contributed by atoms with van der Waals surface area (Å²) in [6.45, 7) is 7.78. The number of nitro groups is 2. The summed E-state index contributed by atoms with van der Waals surface area (Å²) in [6, 6.07) is 27.9. The van der Waals surface area contributed by atoms with Gasteiger partial charge in [0.25, 0.3) is 23.2 Å². The van der Waals surface area contributed by atoms with E-state index in [1.165, 1.54) is 12.1 Å². The van der Waals surface area contributed by atoms with Gasteiger partial charge in [-0.25, -0.2) is 9.97 Å². The van der Waals surface area contributed by atoms with Crippen LogP contribution >= 0.6 is 23.2 Å². The number of nitro benzene ring substituents is 2. The Morgan fingerprint density at radius 1 is 0.633 bits per heavy atom. The van der Waals surface area contributed by atoms with Crippen molar-refractivity contribution in [2.24, 2.45) is 0 Å². The summed E-state index contributed by atoms with van der Waals surface area (Å²) in [5, 5.41) is 25.5. The zero-order valence-corrected chi connectivity index (χ0v) is 34.5. The normalized spacial score (nSPS) is 16.7. The number of nitrogens with zero attached hydrogens (tertiary/aromatic N) is 8. The topological polar surface area (TPSA) is 159 Å². The first-order chi connectivity index (χ1) is 29.0. The Balaban J connectivity index is 0.000000181. The highest BCUT2D eigenvalue weighted by Crippen LogP contribution is 2.36. The van der Waals surface area contributed by atoms with E-state index in [9.17, 15) is 29.8 Å². The second-order valence-corrected chi connectivity index (χ2v) is 15.4. The summed E-state index contributed by atoms with van der Waals surface area (Å²) in [7, 11) is 0. The first-order valence-corrected chi connectivity index (χ1v) is 20.4. The summed E-state index contributed by atoms with van der Waals surface area (Å²) in [5.41, 5.74) is 3.82. The first-order valence-electron chi connectivity index (χ1n) is 19.7. The maximum Gasteiger partial charge on any atom is 0.295 e. The number of piperazine rings is 2. The molecule has 8 rings (SSSR count). The largest absolute Gasteiger partial charge is 0.367 e. The lowest BCUT2D eigenvalue weighted by Gasteiger charge is -2.43. The first kappa shape index (κ1) is 41.8. The minimum atomic E-state index is -0.406. The molecule has 0 bridgehead atoms. The number of carbonyl (C=O) groups is 2. The molecule has 0 spiro atoms. The third kappa shape index (κ3) is 8.66. The molecule has 16 heteroatoms. The number of pyridine rings is 2. The SMILES string of the molecule is CCC1CN(C(=O)c2ccc(Cl)cc2)CCN1c1ccc([N+](=O)[O-])c2ncccc12.CCC1CN(c2ccc([N+](=O)[O-])c3ncccc23)CCN1C(=O)c1ccc(Cl)cc1. The molecule has 4 aromatic carbocycles. The Kier molecular flexibility index (Phi) is 12.7. The van der Waals surface area contributed by atoms with E-state index in [1.807, 2.05) is 21.9 Å². The van der Waals surface area contributed by atoms with Gasteiger partial charge in [-0.1, -0.05) is 37.0 Å². The van der Waals surface area contributed by atoms with Crippen LogP contribution in [0.15, 0.2) is 109 Å². The van der Waals surface area contributed by atoms with Crippen molar-refractivity contribution in [3.8, 4) is 0 Å². The Bertz CT molecular complexity index is 2560. The predicted molar refractivity (Wildman–Crippen MR) is 234 cm³/mol. The van der Waals surface area contributed by atoms with E-state index in [2.05, 4.69) is 33.6 Å². The van der Waals surface area contributed by atoms with Crippen molar-refractivity contribution >= 4 is 79.6 Å². The van der Waals surface area contributed by atoms with Crippen LogP contribution in [-0.2, 0) is 0 Å². The molecule has 2 saturated heterocycles. The smallest absolute Gasteiger partial charge is 0.295 e. The van der Waals surface area contributed by atoms with Gasteiger partial charge in [-0.15, -0.1) is 0 Å². The number of hydrogen-bond donors (Lipinski definition) is 0. The molecule has 4 heterocycles. The average molecular weight is 850 g/mol. The number of anilines is 2. The van der Waals surface area contributed by atoms with Gasteiger partial charge in [0.1, 0.15) is 11.0 Å². The molecule has 308 valence electrons. The number of hydrogen-bond acceptors (Lipinski definition) is 10. The Hall–Kier alpha value is -6.38. The van der Waals surface area contributed by atoms with E-state index < -0.39 is 9.85 Å². The number of amides is 2. The van der Waals surface area contributed by atoms with Crippen LogP contribution in [0.3, 0.4) is 0 Å². The minimum absolute atomic E-state index is 0.000972. The van der Waals surface area contributed by atoms with Crippen LogP contribution in [0.25, 0.3) is 21.8 Å². The van der Waals surface area contributed by atoms with Crippen molar-refractivity contribution in [2.45, 2.75) is 38.8 Å². The fraction of sp³-hybridized carbons (Fsp3) is 0.273. The second kappa shape index (κ2) is 18.3. The number of rotatable bonds is 8. The van der Waals surface area contributed by atoms with Crippen molar-refractivity contribution in [2.75, 3.05) is 49.1 Å². The van der Waals surface area contributed by atoms with Crippen LogP contribution in [0, 0.1) is 20.2 Å². The van der Waals surface area contributed by atoms with Gasteiger partial charge in [0, 0.05) is 119 Å². The number of halogens is 2. The van der Waals surface area contributed by atoms with E-state index in [0.717, 1.165) is 35.0 Å². The van der Waals surface area contributed by atoms with Crippen molar-refractivity contribution in [3.05, 3.63) is 151 Å². The van der Waals surface area contributed by atoms with E-state index in [1.54, 1.807) is 85.2 Å². The zero-order chi connectivity index (χ0) is 42.5. The highest BCUT2D eigenvalue weighted by Gasteiger charge is 2.33. The van der Waals surface area contributed by atoms with Crippen LogP contribution < -0.4 is 9.80 Å². The second-order valence-electron chi connectivity index (χ2n) is 14.5. The highest BCUT2D eigenvalue weighted by molar-refractivity contribution is 6.31. The number of benzene rings is 4. The molecule has 2 atom stereocenters. The summed E-state index contributed by atoms with van der Waals surface area (Å²) in [6.07, 6.45) is 4.78. The molecule has 2 fully saturated rings. The van der Waals surface area contributed by atoms with Gasteiger partial charge in [-0.2, -0.15) is 0 Å². The third-order valence-electron chi connectivity index (χ3n) is 11.1. The van der Waals surface area contributed by atoms with Gasteiger partial charge in [-0.3, -0.25) is 29.8 Å². The number of aromatic nitrogens is 2. The minimum Gasteiger partial charge on any atom is -0.367 e. The molecule has 2 aliphatic heterocycles. The maximum atomic E-state index is 13.0. The Morgan fingerprint density at radius 3 is 1.68 bits per heavy atom. The van der Waals surface area contributed by atoms with E-state index in [4.69, 9.17) is 23.2 Å². The third-order valence-corrected chi connectivity index (χ3v) is 11.6. The fourth-order valence-electron chi connectivity index (χ4n) is 8.04. The van der Waals surface area contributed by atoms with Gasteiger partial charge in [0.15, 0.2) is 0 Å². The Labute approximate surface area is 356 Å². The molecular weight excluding hydrogens is 807 g/mol. The molecule has 0 saturated carbocycles. The van der Waals surface area contributed by atoms with Crippen molar-refractivity contribution in [1.82, 2.24) is 19.8 Å². The molecule has 0 aliphatic carbocycles. The van der Waals surface area contributed by atoms with Crippen LogP contribution in [0.2, 0.25) is 10.0 Å². The Morgan fingerprint density at radius 2 is 1.15 bits per heavy atom. The average Bonchev–Trinajstić information content (AvgIpc) is 3.28. The van der Waals surface area contributed by atoms with E-state index >= 15 is 0 Å². The van der Waals surface area contributed by atoms with Gasteiger partial charge < -0.3 is 19.6 Å². The molecule has 0 radical (unpaired) electrons. The van der Waals surface area contributed by atoms with E-state index in [-0.39, 0.29) is 35.3 Å². The predicted octanol–water partition coefficient (Wildman–Crippen LogP) is 9.07. The van der Waals surface area contributed by atoms with Crippen molar-refractivity contribution in [1.29, 1.82) is 0 Å². The van der Waals surface area contributed by atoms with Crippen molar-refractivity contribution < 1.29 is 19.4 Å². The molecular formula is C44H42Cl2N8O6. The monoisotopic (exact) mass is 848 g/mol. The quantitative estimate of drug-likeness (QED) is 0.107. The summed E-state index contributed by atoms with van der Waals surface area (Å²) >= 11 is 11.9. The van der Waals surface area contributed by atoms with Crippen LogP contribution in [0.1, 0.15) is 47.4 Å². The van der Waals surface area contributed by atoms with Gasteiger partial charge in [0.05, 0.1) is 9.85 Å². The lowest BCUT2D eigenvalue weighted by Crippen LogP contribution is -2.55. The maximum absolute atomic E-state index is 13.0. The molecule has 6 aromatic rings. The summed E-state index contributed by atoms with van der Waals surface area (Å²) < 4.78 is 0. The molecule has 2 aliphatic rings. The number of fused-ring (bicyclic) bond motifs is 2. The molecule has 14 nitrogen and oxygen atoms in total. The molecule has 60 heavy (non-hydrogen) atoms. The van der Waals surface area contributed by atoms with Crippen LogP contribution in [-0.4, -0.2) is 92.8 Å². The lowest BCUT2D eigenvalue weighted by atomic mass is 10.0. The van der Waals surface area contributed by atoms with E-state index in [0.29, 0.717) is 71.5 Å². The molecule has 2 aromatic heterocycles. The lowest BCUT2D eigenvalue weighted by molar-refractivity contribution is -0.383. The standard InChI is InChI=1S/2C22H21ClN4O3/c1-2-17-14-25(22(28)15-5-7-16(23)8-6-15)12-13-26(17)19-9-10-20(27(29)30)21-18(19)4-3-11-24-21;1-2-17-14-25(12-13-26(17)22(28)15-5-7-16(23)8-6-15)19-9-10-20(27(29)30)21-18(19)4-3-11-24-21/h2*3-11,17H,2,12-14H2,1H3. The molecule has 2 amide bonds. The van der Waals surface area contributed by atoms with Crippen LogP contribution in [0.5, 0.6) is 0 Å². The summed E-state index contributed by atoms with van der Waals surface area (Å²) in [4.78, 5) is 64.6. The molecule has 2 unspecified atom stereocenters. The number of carbonyl (C=O) groups excluding carboxylic acids is 2. The fourth-order valence-corrected chi connectivity index (χ4v) is 8.29. The zero-order valence-electron chi connectivity index (χ0n) is 33.0.